The number of piperazine rings is 1. The molecule has 0 unspecified atom stereocenters. The Morgan fingerprint density at radius 1 is 1.00 bits per heavy atom. The molecule has 1 aliphatic heterocycles. The fourth-order valence-electron chi connectivity index (χ4n) is 2.92. The molecule has 8 nitrogen and oxygen atoms in total. The Bertz CT molecular complexity index is 1100. The molecule has 2 aromatic rings. The lowest BCUT2D eigenvalue weighted by atomic mass is 10.2. The minimum atomic E-state index is -3.74. The largest absolute Gasteiger partial charge is 0.337 e. The molecule has 0 saturated carbocycles. The van der Waals surface area contributed by atoms with Crippen LogP contribution in [-0.2, 0) is 14.8 Å². The number of hydrogen-bond acceptors (Lipinski definition) is 5. The first-order chi connectivity index (χ1) is 14.2. The standard InChI is InChI=1S/C19H17Cl2N3O5S/c20-17-7-6-16(13-18(17)21)30(28,29)23-11-9-22(10-12-23)19(25)8-3-14-1-4-15(5-2-14)24(26)27/h1-8,13H,9-12H2/b8-3+. The fraction of sp³-hybridized carbons (Fsp3) is 0.211. The predicted molar refractivity (Wildman–Crippen MR) is 114 cm³/mol. The van der Waals surface area contributed by atoms with Gasteiger partial charge in [-0.15, -0.1) is 0 Å². The molecule has 1 aliphatic rings. The van der Waals surface area contributed by atoms with E-state index in [1.165, 1.54) is 40.7 Å². The van der Waals surface area contributed by atoms with E-state index in [1.54, 1.807) is 23.1 Å². The van der Waals surface area contributed by atoms with Gasteiger partial charge in [-0.2, -0.15) is 4.31 Å². The van der Waals surface area contributed by atoms with Crippen molar-refractivity contribution in [2.24, 2.45) is 0 Å². The molecule has 0 bridgehead atoms. The van der Waals surface area contributed by atoms with Crippen molar-refractivity contribution in [2.75, 3.05) is 26.2 Å². The molecule has 1 fully saturated rings. The van der Waals surface area contributed by atoms with E-state index in [1.807, 2.05) is 0 Å². The molecule has 0 radical (unpaired) electrons. The van der Waals surface area contributed by atoms with Gasteiger partial charge in [0, 0.05) is 44.4 Å². The van der Waals surface area contributed by atoms with E-state index in [0.29, 0.717) is 5.56 Å². The van der Waals surface area contributed by atoms with Crippen molar-refractivity contribution in [3.63, 3.8) is 0 Å². The highest BCUT2D eigenvalue weighted by atomic mass is 35.5. The molecular formula is C19H17Cl2N3O5S. The van der Waals surface area contributed by atoms with Gasteiger partial charge >= 0.3 is 0 Å². The van der Waals surface area contributed by atoms with E-state index < -0.39 is 14.9 Å². The quantitative estimate of drug-likeness (QED) is 0.379. The van der Waals surface area contributed by atoms with Gasteiger partial charge in [-0.05, 0) is 42.0 Å². The van der Waals surface area contributed by atoms with E-state index in [2.05, 4.69) is 0 Å². The van der Waals surface area contributed by atoms with Gasteiger partial charge in [0.05, 0.1) is 19.9 Å². The van der Waals surface area contributed by atoms with Crippen molar-refractivity contribution in [3.8, 4) is 0 Å². The van der Waals surface area contributed by atoms with Crippen LogP contribution in [0.25, 0.3) is 6.08 Å². The van der Waals surface area contributed by atoms with Crippen LogP contribution in [0.1, 0.15) is 5.56 Å². The van der Waals surface area contributed by atoms with Crippen molar-refractivity contribution in [3.05, 3.63) is 74.3 Å². The molecule has 0 spiro atoms. The molecule has 0 aromatic heterocycles. The van der Waals surface area contributed by atoms with E-state index in [9.17, 15) is 23.3 Å². The van der Waals surface area contributed by atoms with Crippen molar-refractivity contribution in [1.29, 1.82) is 0 Å². The fourth-order valence-corrected chi connectivity index (χ4v) is 4.73. The third kappa shape index (κ3) is 4.99. The summed E-state index contributed by atoms with van der Waals surface area (Å²) in [4.78, 5) is 24.2. The zero-order chi connectivity index (χ0) is 21.9. The second-order valence-corrected chi connectivity index (χ2v) is 9.24. The smallest absolute Gasteiger partial charge is 0.269 e. The van der Waals surface area contributed by atoms with Gasteiger partial charge in [0.15, 0.2) is 0 Å². The second kappa shape index (κ2) is 9.13. The molecule has 158 valence electrons. The third-order valence-electron chi connectivity index (χ3n) is 4.60. The molecule has 1 amide bonds. The van der Waals surface area contributed by atoms with Gasteiger partial charge in [-0.1, -0.05) is 23.2 Å². The summed E-state index contributed by atoms with van der Waals surface area (Å²) in [6.07, 6.45) is 2.93. The van der Waals surface area contributed by atoms with Gasteiger partial charge in [0.2, 0.25) is 15.9 Å². The maximum absolute atomic E-state index is 12.8. The van der Waals surface area contributed by atoms with Crippen LogP contribution >= 0.6 is 23.2 Å². The minimum Gasteiger partial charge on any atom is -0.337 e. The number of carbonyl (C=O) groups excluding carboxylic acids is 1. The van der Waals surface area contributed by atoms with Crippen LogP contribution in [0.3, 0.4) is 0 Å². The lowest BCUT2D eigenvalue weighted by molar-refractivity contribution is -0.384. The number of hydrogen-bond donors (Lipinski definition) is 0. The highest BCUT2D eigenvalue weighted by Crippen LogP contribution is 2.27. The van der Waals surface area contributed by atoms with Gasteiger partial charge in [0.1, 0.15) is 0 Å². The Kier molecular flexibility index (Phi) is 6.77. The van der Waals surface area contributed by atoms with Crippen molar-refractivity contribution >= 4 is 50.9 Å². The van der Waals surface area contributed by atoms with Crippen molar-refractivity contribution < 1.29 is 18.1 Å². The molecule has 1 heterocycles. The molecular weight excluding hydrogens is 453 g/mol. The summed E-state index contributed by atoms with van der Waals surface area (Å²) in [5, 5.41) is 11.1. The van der Waals surface area contributed by atoms with Crippen LogP contribution in [0, 0.1) is 10.1 Å². The number of carbonyl (C=O) groups is 1. The van der Waals surface area contributed by atoms with E-state index in [4.69, 9.17) is 23.2 Å². The predicted octanol–water partition coefficient (Wildman–Crippen LogP) is 3.45. The summed E-state index contributed by atoms with van der Waals surface area (Å²) in [6.45, 7) is 0.785. The van der Waals surface area contributed by atoms with E-state index >= 15 is 0 Å². The summed E-state index contributed by atoms with van der Waals surface area (Å²) in [5.41, 5.74) is 0.618. The van der Waals surface area contributed by atoms with Crippen molar-refractivity contribution in [2.45, 2.75) is 4.90 Å². The highest BCUT2D eigenvalue weighted by molar-refractivity contribution is 7.89. The average Bonchev–Trinajstić information content (AvgIpc) is 2.74. The molecule has 30 heavy (non-hydrogen) atoms. The molecule has 0 atom stereocenters. The molecule has 0 aliphatic carbocycles. The first-order valence-electron chi connectivity index (χ1n) is 8.85. The highest BCUT2D eigenvalue weighted by Gasteiger charge is 2.30. The Hall–Kier alpha value is -2.46. The lowest BCUT2D eigenvalue weighted by Gasteiger charge is -2.33. The van der Waals surface area contributed by atoms with Crippen LogP contribution in [-0.4, -0.2) is 54.6 Å². The normalized spacial score (nSPS) is 15.5. The Morgan fingerprint density at radius 2 is 1.63 bits per heavy atom. The Morgan fingerprint density at radius 3 is 2.20 bits per heavy atom. The van der Waals surface area contributed by atoms with Gasteiger partial charge in [-0.25, -0.2) is 8.42 Å². The summed E-state index contributed by atoms with van der Waals surface area (Å²) >= 11 is 11.8. The SMILES string of the molecule is O=C(/C=C/c1ccc([N+](=O)[O-])cc1)N1CCN(S(=O)(=O)c2ccc(Cl)c(Cl)c2)CC1. The molecule has 0 N–H and O–H groups in total. The number of benzene rings is 2. The minimum absolute atomic E-state index is 0.0298. The summed E-state index contributed by atoms with van der Waals surface area (Å²) < 4.78 is 26.8. The molecule has 2 aromatic carbocycles. The number of non-ortho nitro benzene ring substituents is 1. The van der Waals surface area contributed by atoms with Crippen LogP contribution in [0.2, 0.25) is 10.0 Å². The second-order valence-electron chi connectivity index (χ2n) is 6.49. The van der Waals surface area contributed by atoms with E-state index in [0.717, 1.165) is 0 Å². The monoisotopic (exact) mass is 469 g/mol. The van der Waals surface area contributed by atoms with Gasteiger partial charge < -0.3 is 4.90 Å². The molecule has 1 saturated heterocycles. The summed E-state index contributed by atoms with van der Waals surface area (Å²) in [7, 11) is -3.74. The summed E-state index contributed by atoms with van der Waals surface area (Å²) in [5.74, 6) is -0.264. The van der Waals surface area contributed by atoms with Crippen molar-refractivity contribution in [1.82, 2.24) is 9.21 Å². The summed E-state index contributed by atoms with van der Waals surface area (Å²) in [6, 6.07) is 9.94. The molecule has 11 heteroatoms. The maximum atomic E-state index is 12.8. The van der Waals surface area contributed by atoms with Gasteiger partial charge in [0.25, 0.3) is 5.69 Å². The number of halogens is 2. The topological polar surface area (TPSA) is 101 Å². The van der Waals surface area contributed by atoms with Crippen LogP contribution in [0.4, 0.5) is 5.69 Å². The first-order valence-corrected chi connectivity index (χ1v) is 11.0. The number of amides is 1. The van der Waals surface area contributed by atoms with Gasteiger partial charge in [-0.3, -0.25) is 14.9 Å². The Balaban J connectivity index is 1.61. The first kappa shape index (κ1) is 22.2. The zero-order valence-corrected chi connectivity index (χ0v) is 17.9. The van der Waals surface area contributed by atoms with E-state index in [-0.39, 0.29) is 52.7 Å². The number of nitrogens with zero attached hydrogens (tertiary/aromatic N) is 3. The number of nitro groups is 1. The van der Waals surface area contributed by atoms with Crippen LogP contribution in [0.15, 0.2) is 53.4 Å². The average molecular weight is 470 g/mol. The zero-order valence-electron chi connectivity index (χ0n) is 15.6. The third-order valence-corrected chi connectivity index (χ3v) is 7.24. The number of sulfonamides is 1. The molecule has 3 rings (SSSR count). The maximum Gasteiger partial charge on any atom is 0.269 e. The van der Waals surface area contributed by atoms with Crippen LogP contribution in [0.5, 0.6) is 0 Å². The van der Waals surface area contributed by atoms with Crippen LogP contribution < -0.4 is 0 Å². The lowest BCUT2D eigenvalue weighted by Crippen LogP contribution is -2.50. The number of nitro benzene ring substituents is 1. The Labute approximate surface area is 183 Å². The number of rotatable bonds is 5.